The van der Waals surface area contributed by atoms with Crippen molar-refractivity contribution < 1.29 is 36.7 Å². The molecule has 1 aromatic carbocycles. The summed E-state index contributed by atoms with van der Waals surface area (Å²) < 4.78 is 62.9. The molecule has 8 nitrogen and oxygen atoms in total. The Balaban J connectivity index is 1.66. The first kappa shape index (κ1) is 28.6. The van der Waals surface area contributed by atoms with Gasteiger partial charge in [0.15, 0.2) is 0 Å². The van der Waals surface area contributed by atoms with Crippen LogP contribution in [0, 0.1) is 23.6 Å². The van der Waals surface area contributed by atoms with Crippen LogP contribution in [0.3, 0.4) is 0 Å². The van der Waals surface area contributed by atoms with Crippen LogP contribution in [0.1, 0.15) is 80.0 Å². The molecule has 12 heteroatoms. The molecule has 0 bridgehead atoms. The summed E-state index contributed by atoms with van der Waals surface area (Å²) in [5.41, 5.74) is -2.32. The fourth-order valence-electron chi connectivity index (χ4n) is 5.15. The van der Waals surface area contributed by atoms with E-state index in [1.165, 1.54) is 23.9 Å². The van der Waals surface area contributed by atoms with Crippen molar-refractivity contribution >= 4 is 23.5 Å². The van der Waals surface area contributed by atoms with Gasteiger partial charge in [-0.3, -0.25) is 19.1 Å². The summed E-state index contributed by atoms with van der Waals surface area (Å²) in [7, 11) is 1.02. The van der Waals surface area contributed by atoms with Crippen molar-refractivity contribution in [1.82, 2.24) is 15.1 Å². The van der Waals surface area contributed by atoms with E-state index in [0.29, 0.717) is 12.1 Å². The van der Waals surface area contributed by atoms with Crippen LogP contribution in [0.15, 0.2) is 24.4 Å². The number of carbonyl (C=O) groups excluding carboxylic acids is 3. The molecule has 212 valence electrons. The maximum Gasteiger partial charge on any atom is 0.416 e. The van der Waals surface area contributed by atoms with E-state index in [4.69, 9.17) is 0 Å². The van der Waals surface area contributed by atoms with Gasteiger partial charge in [-0.15, -0.1) is 0 Å². The zero-order chi connectivity index (χ0) is 28.6. The van der Waals surface area contributed by atoms with Gasteiger partial charge in [-0.25, -0.2) is 4.39 Å². The fraction of sp³-hybridized carbons (Fsp3) is 0.556. The molecule has 2 N–H and O–H groups in total. The first-order chi connectivity index (χ1) is 18.3. The van der Waals surface area contributed by atoms with Gasteiger partial charge < -0.3 is 15.4 Å². The number of anilines is 1. The van der Waals surface area contributed by atoms with Gasteiger partial charge in [0.05, 0.1) is 24.3 Å². The van der Waals surface area contributed by atoms with Gasteiger partial charge in [0.25, 0.3) is 5.91 Å². The van der Waals surface area contributed by atoms with Crippen molar-refractivity contribution in [3.63, 3.8) is 0 Å². The molecule has 0 spiro atoms. The van der Waals surface area contributed by atoms with E-state index in [1.54, 1.807) is 0 Å². The number of benzene rings is 1. The number of esters is 1. The van der Waals surface area contributed by atoms with E-state index in [0.717, 1.165) is 32.8 Å². The highest BCUT2D eigenvalue weighted by atomic mass is 19.4. The number of alkyl halides is 3. The Bertz CT molecular complexity index is 1240. The van der Waals surface area contributed by atoms with Crippen LogP contribution in [0.2, 0.25) is 0 Å². The highest BCUT2D eigenvalue weighted by Gasteiger charge is 2.48. The van der Waals surface area contributed by atoms with Crippen LogP contribution in [0.25, 0.3) is 0 Å². The molecule has 1 aromatic heterocycles. The number of amides is 2. The summed E-state index contributed by atoms with van der Waals surface area (Å²) >= 11 is 0. The summed E-state index contributed by atoms with van der Waals surface area (Å²) in [6.45, 7) is 4.87. The predicted octanol–water partition coefficient (Wildman–Crippen LogP) is 5.07. The Morgan fingerprint density at radius 3 is 2.21 bits per heavy atom. The lowest BCUT2D eigenvalue weighted by Crippen LogP contribution is -2.50. The zero-order valence-corrected chi connectivity index (χ0v) is 22.1. The van der Waals surface area contributed by atoms with Gasteiger partial charge in [0, 0.05) is 12.2 Å². The van der Waals surface area contributed by atoms with Crippen LogP contribution in [-0.4, -0.2) is 40.7 Å². The average Bonchev–Trinajstić information content (AvgIpc) is 3.82. The van der Waals surface area contributed by atoms with Crippen LogP contribution in [0.5, 0.6) is 0 Å². The number of aromatic nitrogens is 2. The molecule has 39 heavy (non-hydrogen) atoms. The molecule has 1 heterocycles. The number of hydrogen-bond donors (Lipinski definition) is 2. The van der Waals surface area contributed by atoms with E-state index in [2.05, 4.69) is 20.5 Å². The van der Waals surface area contributed by atoms with E-state index >= 15 is 4.39 Å². The molecule has 2 aliphatic carbocycles. The van der Waals surface area contributed by atoms with Gasteiger partial charge >= 0.3 is 12.1 Å². The van der Waals surface area contributed by atoms with E-state index in [9.17, 15) is 27.6 Å². The lowest BCUT2D eigenvalue weighted by atomic mass is 9.88. The van der Waals surface area contributed by atoms with Gasteiger partial charge in [-0.05, 0) is 88.0 Å². The molecule has 2 atom stereocenters. The maximum atomic E-state index is 15.1. The second-order valence-corrected chi connectivity index (χ2v) is 10.6. The van der Waals surface area contributed by atoms with Crippen LogP contribution in [0.4, 0.5) is 23.2 Å². The third kappa shape index (κ3) is 6.25. The largest absolute Gasteiger partial charge is 0.469 e. The normalized spacial score (nSPS) is 17.2. The number of methoxy groups -OCH3 is 1. The third-order valence-electron chi connectivity index (χ3n) is 7.40. The molecule has 2 aliphatic rings. The summed E-state index contributed by atoms with van der Waals surface area (Å²) in [4.78, 5) is 38.7. The lowest BCUT2D eigenvalue weighted by molar-refractivity contribution is -0.143. The minimum absolute atomic E-state index is 0.128. The molecule has 2 saturated carbocycles. The standard InChI is InChI=1S/C27H32F4N4O4/c1-13(2)35-21(9-10-32-35)24(36)34-23(22(15-5-6-15)16-7-8-16)25(37)33-20-12-18(27(29,30)31)17(11-19(20)28)14(3)26(38)39-4/h9-16,22-23H,5-8H2,1-4H3,(H,33,37)(H,34,36)/t14?,23-/m0/s1. The van der Waals surface area contributed by atoms with Gasteiger partial charge in [0.2, 0.25) is 5.91 Å². The number of carbonyl (C=O) groups is 3. The van der Waals surface area contributed by atoms with Crippen molar-refractivity contribution in [1.29, 1.82) is 0 Å². The molecule has 2 aromatic rings. The molecule has 0 saturated heterocycles. The maximum absolute atomic E-state index is 15.1. The zero-order valence-electron chi connectivity index (χ0n) is 22.1. The smallest absolute Gasteiger partial charge is 0.416 e. The topological polar surface area (TPSA) is 102 Å². The van der Waals surface area contributed by atoms with Crippen LogP contribution >= 0.6 is 0 Å². The predicted molar refractivity (Wildman–Crippen MR) is 133 cm³/mol. The third-order valence-corrected chi connectivity index (χ3v) is 7.40. The number of rotatable bonds is 10. The number of nitrogens with one attached hydrogen (secondary N) is 2. The first-order valence-corrected chi connectivity index (χ1v) is 13.0. The Labute approximate surface area is 223 Å². The summed E-state index contributed by atoms with van der Waals surface area (Å²) in [5.74, 6) is -4.71. The average molecular weight is 553 g/mol. The minimum atomic E-state index is -4.93. The molecule has 0 radical (unpaired) electrons. The van der Waals surface area contributed by atoms with Crippen LogP contribution < -0.4 is 10.6 Å². The van der Waals surface area contributed by atoms with Crippen molar-refractivity contribution in [2.24, 2.45) is 17.8 Å². The molecular formula is C27H32F4N4O4. The van der Waals surface area contributed by atoms with E-state index in [-0.39, 0.29) is 29.5 Å². The van der Waals surface area contributed by atoms with Crippen LogP contribution in [-0.2, 0) is 20.5 Å². The lowest BCUT2D eigenvalue weighted by Gasteiger charge is -2.28. The van der Waals surface area contributed by atoms with Crippen molar-refractivity contribution in [2.45, 2.75) is 70.6 Å². The SMILES string of the molecule is COC(=O)C(C)c1cc(F)c(NC(=O)[C@@H](NC(=O)c2ccnn2C(C)C)C(C2CC2)C2CC2)cc1C(F)(F)F. The Kier molecular flexibility index (Phi) is 8.04. The molecule has 1 unspecified atom stereocenters. The van der Waals surface area contributed by atoms with Crippen molar-refractivity contribution in [3.05, 3.63) is 47.0 Å². The van der Waals surface area contributed by atoms with Gasteiger partial charge in [-0.2, -0.15) is 18.3 Å². The highest BCUT2D eigenvalue weighted by molar-refractivity contribution is 6.01. The van der Waals surface area contributed by atoms with Crippen molar-refractivity contribution in [3.8, 4) is 0 Å². The number of halogens is 4. The van der Waals surface area contributed by atoms with E-state index in [1.807, 2.05) is 13.8 Å². The fourth-order valence-corrected chi connectivity index (χ4v) is 5.15. The number of ether oxygens (including phenoxy) is 1. The first-order valence-electron chi connectivity index (χ1n) is 13.0. The quantitative estimate of drug-likeness (QED) is 0.317. The van der Waals surface area contributed by atoms with Gasteiger partial charge in [-0.1, -0.05) is 0 Å². The monoisotopic (exact) mass is 552 g/mol. The Morgan fingerprint density at radius 2 is 1.69 bits per heavy atom. The summed E-state index contributed by atoms with van der Waals surface area (Å²) in [6, 6.07) is 1.38. The van der Waals surface area contributed by atoms with Crippen molar-refractivity contribution in [2.75, 3.05) is 12.4 Å². The highest BCUT2D eigenvalue weighted by Crippen LogP contribution is 2.51. The minimum Gasteiger partial charge on any atom is -0.469 e. The molecule has 2 amide bonds. The molecule has 2 fully saturated rings. The molecule has 4 rings (SSSR count). The second kappa shape index (κ2) is 11.0. The molecule has 0 aliphatic heterocycles. The van der Waals surface area contributed by atoms with Gasteiger partial charge in [0.1, 0.15) is 17.6 Å². The Hall–Kier alpha value is -3.44. The Morgan fingerprint density at radius 1 is 1.08 bits per heavy atom. The number of hydrogen-bond acceptors (Lipinski definition) is 5. The molecular weight excluding hydrogens is 520 g/mol. The van der Waals surface area contributed by atoms with E-state index < -0.39 is 58.6 Å². The summed E-state index contributed by atoms with van der Waals surface area (Å²) in [5, 5.41) is 9.22. The second-order valence-electron chi connectivity index (χ2n) is 10.6. The number of nitrogens with zero attached hydrogens (tertiary/aromatic N) is 2. The summed E-state index contributed by atoms with van der Waals surface area (Å²) in [6.07, 6.45) is 0.0240.